The lowest BCUT2D eigenvalue weighted by Crippen LogP contribution is -2.64. The molecule has 3 heterocycles. The largest absolute Gasteiger partial charge is 0.457 e. The standard InChI is InChI=1S/C17H22N2O4/c1-10-13(2-3-14-15(10)9-23-17(14)21)16(20)6-19-11-4-18-5-12(19)8-22-7-11/h2-3,11-12,16,18,20H,4-9H2,1H3. The van der Waals surface area contributed by atoms with Gasteiger partial charge in [0.15, 0.2) is 0 Å². The number of hydrogen-bond acceptors (Lipinski definition) is 6. The lowest BCUT2D eigenvalue weighted by molar-refractivity contribution is -0.0792. The monoisotopic (exact) mass is 318 g/mol. The number of cyclic esters (lactones) is 1. The van der Waals surface area contributed by atoms with Crippen LogP contribution in [-0.4, -0.2) is 60.9 Å². The lowest BCUT2D eigenvalue weighted by Gasteiger charge is -2.46. The van der Waals surface area contributed by atoms with Crippen molar-refractivity contribution in [2.24, 2.45) is 0 Å². The highest BCUT2D eigenvalue weighted by atomic mass is 16.5. The molecule has 1 aromatic rings. The van der Waals surface area contributed by atoms with Gasteiger partial charge in [0.05, 0.1) is 24.9 Å². The number of aliphatic hydroxyl groups is 1. The second-order valence-electron chi connectivity index (χ2n) is 6.60. The molecule has 0 saturated carbocycles. The second-order valence-corrected chi connectivity index (χ2v) is 6.60. The Balaban J connectivity index is 1.56. The van der Waals surface area contributed by atoms with Gasteiger partial charge in [-0.15, -0.1) is 0 Å². The maximum atomic E-state index is 11.6. The molecule has 2 N–H and O–H groups in total. The van der Waals surface area contributed by atoms with Gasteiger partial charge in [-0.2, -0.15) is 0 Å². The molecule has 4 rings (SSSR count). The minimum atomic E-state index is -0.572. The van der Waals surface area contributed by atoms with E-state index in [1.807, 2.05) is 13.0 Å². The summed E-state index contributed by atoms with van der Waals surface area (Å²) in [6, 6.07) is 4.27. The van der Waals surface area contributed by atoms with E-state index < -0.39 is 6.10 Å². The molecule has 3 aliphatic heterocycles. The van der Waals surface area contributed by atoms with E-state index in [-0.39, 0.29) is 5.97 Å². The summed E-state index contributed by atoms with van der Waals surface area (Å²) in [5.41, 5.74) is 3.40. The van der Waals surface area contributed by atoms with Gasteiger partial charge in [-0.3, -0.25) is 4.90 Å². The molecule has 2 fully saturated rings. The predicted molar refractivity (Wildman–Crippen MR) is 83.2 cm³/mol. The first-order chi connectivity index (χ1) is 11.1. The number of rotatable bonds is 3. The van der Waals surface area contributed by atoms with Crippen molar-refractivity contribution in [3.63, 3.8) is 0 Å². The summed E-state index contributed by atoms with van der Waals surface area (Å²) in [5, 5.41) is 14.2. The maximum Gasteiger partial charge on any atom is 0.338 e. The predicted octanol–water partition coefficient (Wildman–Crippen LogP) is 0.371. The van der Waals surface area contributed by atoms with Crippen LogP contribution in [0, 0.1) is 6.92 Å². The van der Waals surface area contributed by atoms with Crippen molar-refractivity contribution in [1.82, 2.24) is 10.2 Å². The van der Waals surface area contributed by atoms with Crippen molar-refractivity contribution in [3.8, 4) is 0 Å². The summed E-state index contributed by atoms with van der Waals surface area (Å²) >= 11 is 0. The number of hydrogen-bond donors (Lipinski definition) is 2. The Morgan fingerprint density at radius 2 is 2.09 bits per heavy atom. The van der Waals surface area contributed by atoms with Gasteiger partial charge in [-0.05, 0) is 24.1 Å². The second kappa shape index (κ2) is 5.87. The molecule has 3 unspecified atom stereocenters. The topological polar surface area (TPSA) is 71.0 Å². The Morgan fingerprint density at radius 1 is 1.35 bits per heavy atom. The van der Waals surface area contributed by atoms with Crippen molar-refractivity contribution >= 4 is 5.97 Å². The van der Waals surface area contributed by atoms with Crippen LogP contribution in [0.25, 0.3) is 0 Å². The summed E-state index contributed by atoms with van der Waals surface area (Å²) in [7, 11) is 0. The normalized spacial score (nSPS) is 28.3. The quantitative estimate of drug-likeness (QED) is 0.785. The number of ether oxygens (including phenoxy) is 2. The third kappa shape index (κ3) is 2.55. The summed E-state index contributed by atoms with van der Waals surface area (Å²) in [6.45, 7) is 6.08. The van der Waals surface area contributed by atoms with E-state index in [9.17, 15) is 9.90 Å². The molecule has 0 radical (unpaired) electrons. The minimum absolute atomic E-state index is 0.266. The first-order valence-electron chi connectivity index (χ1n) is 8.17. The number of nitrogens with zero attached hydrogens (tertiary/aromatic N) is 1. The molecular weight excluding hydrogens is 296 g/mol. The number of carbonyl (C=O) groups is 1. The molecule has 3 atom stereocenters. The van der Waals surface area contributed by atoms with E-state index in [0.717, 1.165) is 29.8 Å². The SMILES string of the molecule is Cc1c(C(O)CN2C3CNCC2COC3)ccc2c1COC2=O. The molecule has 0 amide bonds. The molecule has 0 aromatic heterocycles. The summed E-state index contributed by atoms with van der Waals surface area (Å²) in [5.74, 6) is -0.266. The highest BCUT2D eigenvalue weighted by Crippen LogP contribution is 2.30. The molecule has 124 valence electrons. The van der Waals surface area contributed by atoms with E-state index in [0.29, 0.717) is 44.0 Å². The van der Waals surface area contributed by atoms with Gasteiger partial charge in [0, 0.05) is 37.3 Å². The average molecular weight is 318 g/mol. The van der Waals surface area contributed by atoms with Crippen LogP contribution in [0.2, 0.25) is 0 Å². The molecule has 0 spiro atoms. The maximum absolute atomic E-state index is 11.6. The first-order valence-corrected chi connectivity index (χ1v) is 8.17. The minimum Gasteiger partial charge on any atom is -0.457 e. The van der Waals surface area contributed by atoms with Crippen molar-refractivity contribution in [3.05, 3.63) is 34.4 Å². The summed E-state index contributed by atoms with van der Waals surface area (Å²) < 4.78 is 10.7. The molecule has 6 nitrogen and oxygen atoms in total. The van der Waals surface area contributed by atoms with E-state index >= 15 is 0 Å². The summed E-state index contributed by atoms with van der Waals surface area (Å²) in [4.78, 5) is 14.0. The van der Waals surface area contributed by atoms with Crippen molar-refractivity contribution in [1.29, 1.82) is 0 Å². The van der Waals surface area contributed by atoms with Gasteiger partial charge in [-0.25, -0.2) is 4.79 Å². The fourth-order valence-electron chi connectivity index (χ4n) is 3.92. The number of esters is 1. The van der Waals surface area contributed by atoms with E-state index in [1.54, 1.807) is 6.07 Å². The zero-order chi connectivity index (χ0) is 16.0. The van der Waals surface area contributed by atoms with Crippen LogP contribution in [0.15, 0.2) is 12.1 Å². The van der Waals surface area contributed by atoms with E-state index in [4.69, 9.17) is 9.47 Å². The molecule has 1 aromatic carbocycles. The Bertz CT molecular complexity index is 611. The third-order valence-electron chi connectivity index (χ3n) is 5.27. The molecular formula is C17H22N2O4. The molecule has 23 heavy (non-hydrogen) atoms. The van der Waals surface area contributed by atoms with Gasteiger partial charge in [0.2, 0.25) is 0 Å². The Kier molecular flexibility index (Phi) is 3.85. The Labute approximate surface area is 135 Å². The van der Waals surface area contributed by atoms with Gasteiger partial charge in [0.1, 0.15) is 6.61 Å². The van der Waals surface area contributed by atoms with Crippen LogP contribution in [-0.2, 0) is 16.1 Å². The van der Waals surface area contributed by atoms with E-state index in [2.05, 4.69) is 10.2 Å². The molecule has 0 aliphatic carbocycles. The molecule has 3 aliphatic rings. The molecule has 2 bridgehead atoms. The molecule has 2 saturated heterocycles. The Hall–Kier alpha value is -1.47. The van der Waals surface area contributed by atoms with Crippen LogP contribution >= 0.6 is 0 Å². The number of fused-ring (bicyclic) bond motifs is 3. The van der Waals surface area contributed by atoms with Gasteiger partial charge in [0.25, 0.3) is 0 Å². The fraction of sp³-hybridized carbons (Fsp3) is 0.588. The third-order valence-corrected chi connectivity index (χ3v) is 5.27. The zero-order valence-corrected chi connectivity index (χ0v) is 13.2. The average Bonchev–Trinajstić information content (AvgIpc) is 2.90. The fourth-order valence-corrected chi connectivity index (χ4v) is 3.92. The number of piperazine rings is 1. The van der Waals surface area contributed by atoms with E-state index in [1.165, 1.54) is 0 Å². The first kappa shape index (κ1) is 15.1. The van der Waals surface area contributed by atoms with Crippen molar-refractivity contribution in [2.45, 2.75) is 31.7 Å². The number of benzene rings is 1. The number of carbonyl (C=O) groups excluding carboxylic acids is 1. The number of morpholine rings is 1. The highest BCUT2D eigenvalue weighted by molar-refractivity contribution is 5.93. The zero-order valence-electron chi connectivity index (χ0n) is 13.2. The van der Waals surface area contributed by atoms with Gasteiger partial charge in [-0.1, -0.05) is 6.07 Å². The number of nitrogens with one attached hydrogen (secondary N) is 1. The van der Waals surface area contributed by atoms with Crippen LogP contribution in [0.4, 0.5) is 0 Å². The van der Waals surface area contributed by atoms with Gasteiger partial charge >= 0.3 is 5.97 Å². The van der Waals surface area contributed by atoms with Crippen LogP contribution < -0.4 is 5.32 Å². The smallest absolute Gasteiger partial charge is 0.338 e. The van der Waals surface area contributed by atoms with Crippen LogP contribution in [0.1, 0.15) is 33.2 Å². The lowest BCUT2D eigenvalue weighted by atomic mass is 9.94. The Morgan fingerprint density at radius 3 is 2.83 bits per heavy atom. The van der Waals surface area contributed by atoms with Crippen molar-refractivity contribution in [2.75, 3.05) is 32.8 Å². The number of aliphatic hydroxyl groups excluding tert-OH is 1. The highest BCUT2D eigenvalue weighted by Gasteiger charge is 2.36. The molecule has 6 heteroatoms. The van der Waals surface area contributed by atoms with Gasteiger partial charge < -0.3 is 19.9 Å². The van der Waals surface area contributed by atoms with Crippen LogP contribution in [0.3, 0.4) is 0 Å². The van der Waals surface area contributed by atoms with Crippen LogP contribution in [0.5, 0.6) is 0 Å². The van der Waals surface area contributed by atoms with Crippen molar-refractivity contribution < 1.29 is 19.4 Å². The summed E-state index contributed by atoms with van der Waals surface area (Å²) in [6.07, 6.45) is -0.572.